The van der Waals surface area contributed by atoms with Crippen LogP contribution in [0.1, 0.15) is 18.4 Å². The molecule has 0 spiro atoms. The minimum atomic E-state index is -0.455. The van der Waals surface area contributed by atoms with Gasteiger partial charge >= 0.3 is 0 Å². The quantitative estimate of drug-likeness (QED) is 0.843. The van der Waals surface area contributed by atoms with Crippen molar-refractivity contribution in [2.45, 2.75) is 25.3 Å². The lowest BCUT2D eigenvalue weighted by atomic mass is 9.97. The Labute approximate surface area is 121 Å². The fraction of sp³-hybridized carbons (Fsp3) is 0.562. The molecule has 1 fully saturated rings. The average molecular weight is 275 g/mol. The number of hydrogen-bond donors (Lipinski definition) is 2. The van der Waals surface area contributed by atoms with Crippen molar-refractivity contribution >= 4 is 5.91 Å². The second-order valence-corrected chi connectivity index (χ2v) is 5.79. The number of nitrogens with zero attached hydrogens (tertiary/aromatic N) is 1. The van der Waals surface area contributed by atoms with Crippen LogP contribution in [-0.4, -0.2) is 43.5 Å². The summed E-state index contributed by atoms with van der Waals surface area (Å²) >= 11 is 0. The highest BCUT2D eigenvalue weighted by atomic mass is 16.2. The van der Waals surface area contributed by atoms with Crippen LogP contribution in [0.25, 0.3) is 0 Å². The molecule has 1 aliphatic heterocycles. The van der Waals surface area contributed by atoms with E-state index in [1.165, 1.54) is 0 Å². The number of benzene rings is 1. The van der Waals surface area contributed by atoms with Gasteiger partial charge in [-0.05, 0) is 50.9 Å². The van der Waals surface area contributed by atoms with Gasteiger partial charge in [0, 0.05) is 6.54 Å². The Morgan fingerprint density at radius 1 is 1.35 bits per heavy atom. The molecular weight excluding hydrogens is 250 g/mol. The van der Waals surface area contributed by atoms with Crippen LogP contribution in [0.3, 0.4) is 0 Å². The van der Waals surface area contributed by atoms with E-state index >= 15 is 0 Å². The molecule has 110 valence electrons. The van der Waals surface area contributed by atoms with Crippen molar-refractivity contribution in [1.82, 2.24) is 10.2 Å². The summed E-state index contributed by atoms with van der Waals surface area (Å²) < 4.78 is 0. The number of carbonyl (C=O) groups is 1. The lowest BCUT2D eigenvalue weighted by molar-refractivity contribution is -0.122. The zero-order valence-corrected chi connectivity index (χ0v) is 12.2. The second-order valence-electron chi connectivity index (χ2n) is 5.79. The molecule has 0 aliphatic carbocycles. The van der Waals surface area contributed by atoms with Crippen LogP contribution in [0.5, 0.6) is 0 Å². The standard InChI is InChI=1S/C16H25N3O/c1-19-9-7-14(8-10-19)12-18-16(20)15(17)11-13-5-3-2-4-6-13/h2-6,14-15H,7-12,17H2,1H3,(H,18,20)/t15-/m1/s1. The smallest absolute Gasteiger partial charge is 0.237 e. The van der Waals surface area contributed by atoms with E-state index in [2.05, 4.69) is 17.3 Å². The van der Waals surface area contributed by atoms with E-state index < -0.39 is 6.04 Å². The van der Waals surface area contributed by atoms with Crippen molar-refractivity contribution in [3.8, 4) is 0 Å². The molecule has 0 unspecified atom stereocenters. The normalized spacial score (nSPS) is 18.7. The zero-order chi connectivity index (χ0) is 14.4. The van der Waals surface area contributed by atoms with Crippen LogP contribution < -0.4 is 11.1 Å². The highest BCUT2D eigenvalue weighted by Gasteiger charge is 2.19. The highest BCUT2D eigenvalue weighted by molar-refractivity contribution is 5.81. The average Bonchev–Trinajstić information content (AvgIpc) is 2.47. The fourth-order valence-corrected chi connectivity index (χ4v) is 2.60. The first-order valence-corrected chi connectivity index (χ1v) is 7.41. The minimum absolute atomic E-state index is 0.0345. The first-order chi connectivity index (χ1) is 9.65. The van der Waals surface area contributed by atoms with Crippen molar-refractivity contribution < 1.29 is 4.79 Å². The molecule has 0 saturated carbocycles. The summed E-state index contributed by atoms with van der Waals surface area (Å²) in [7, 11) is 2.14. The number of piperidine rings is 1. The Bertz CT molecular complexity index is 413. The Balaban J connectivity index is 1.71. The van der Waals surface area contributed by atoms with E-state index in [9.17, 15) is 4.79 Å². The van der Waals surface area contributed by atoms with Crippen LogP contribution in [0.2, 0.25) is 0 Å². The largest absolute Gasteiger partial charge is 0.354 e. The molecule has 2 rings (SSSR count). The predicted octanol–water partition coefficient (Wildman–Crippen LogP) is 1.01. The summed E-state index contributed by atoms with van der Waals surface area (Å²) in [6, 6.07) is 9.46. The molecule has 4 heteroatoms. The van der Waals surface area contributed by atoms with Gasteiger partial charge in [0.2, 0.25) is 5.91 Å². The monoisotopic (exact) mass is 275 g/mol. The van der Waals surface area contributed by atoms with Crippen molar-refractivity contribution in [3.63, 3.8) is 0 Å². The van der Waals surface area contributed by atoms with Crippen molar-refractivity contribution in [2.75, 3.05) is 26.7 Å². The van der Waals surface area contributed by atoms with E-state index in [1.807, 2.05) is 30.3 Å². The summed E-state index contributed by atoms with van der Waals surface area (Å²) in [5.74, 6) is 0.562. The molecule has 0 radical (unpaired) electrons. The Kier molecular flexibility index (Phi) is 5.56. The van der Waals surface area contributed by atoms with E-state index in [1.54, 1.807) is 0 Å². The first kappa shape index (κ1) is 15.0. The molecule has 3 N–H and O–H groups in total. The lowest BCUT2D eigenvalue weighted by Crippen LogP contribution is -2.45. The Morgan fingerprint density at radius 2 is 2.00 bits per heavy atom. The maximum Gasteiger partial charge on any atom is 0.237 e. The third kappa shape index (κ3) is 4.62. The van der Waals surface area contributed by atoms with E-state index in [-0.39, 0.29) is 5.91 Å². The number of nitrogens with one attached hydrogen (secondary N) is 1. The minimum Gasteiger partial charge on any atom is -0.354 e. The van der Waals surface area contributed by atoms with Crippen LogP contribution >= 0.6 is 0 Å². The molecular formula is C16H25N3O. The van der Waals surface area contributed by atoms with Crippen LogP contribution in [0, 0.1) is 5.92 Å². The van der Waals surface area contributed by atoms with Gasteiger partial charge < -0.3 is 16.0 Å². The predicted molar refractivity (Wildman–Crippen MR) is 81.4 cm³/mol. The zero-order valence-electron chi connectivity index (χ0n) is 12.2. The number of nitrogens with two attached hydrogens (primary N) is 1. The van der Waals surface area contributed by atoms with E-state index in [0.717, 1.165) is 38.0 Å². The number of hydrogen-bond acceptors (Lipinski definition) is 3. The third-order valence-corrected chi connectivity index (χ3v) is 4.04. The maximum atomic E-state index is 12.0. The van der Waals surface area contributed by atoms with Crippen molar-refractivity contribution in [1.29, 1.82) is 0 Å². The second kappa shape index (κ2) is 7.41. The van der Waals surface area contributed by atoms with Gasteiger partial charge in [0.05, 0.1) is 6.04 Å². The lowest BCUT2D eigenvalue weighted by Gasteiger charge is -2.29. The van der Waals surface area contributed by atoms with Gasteiger partial charge in [0.25, 0.3) is 0 Å². The van der Waals surface area contributed by atoms with Crippen molar-refractivity contribution in [2.24, 2.45) is 11.7 Å². The van der Waals surface area contributed by atoms with Gasteiger partial charge in [0.15, 0.2) is 0 Å². The Morgan fingerprint density at radius 3 is 2.65 bits per heavy atom. The molecule has 1 saturated heterocycles. The van der Waals surface area contributed by atoms with Crippen LogP contribution in [0.15, 0.2) is 30.3 Å². The number of carbonyl (C=O) groups excluding carboxylic acids is 1. The van der Waals surface area contributed by atoms with Gasteiger partial charge in [-0.15, -0.1) is 0 Å². The molecule has 1 aliphatic rings. The molecule has 1 atom stereocenters. The molecule has 0 aromatic heterocycles. The molecule has 0 bridgehead atoms. The molecule has 20 heavy (non-hydrogen) atoms. The van der Waals surface area contributed by atoms with Gasteiger partial charge in [-0.3, -0.25) is 4.79 Å². The third-order valence-electron chi connectivity index (χ3n) is 4.04. The Hall–Kier alpha value is -1.39. The summed E-state index contributed by atoms with van der Waals surface area (Å²) in [4.78, 5) is 14.3. The van der Waals surface area contributed by atoms with Crippen molar-refractivity contribution in [3.05, 3.63) is 35.9 Å². The van der Waals surface area contributed by atoms with Gasteiger partial charge in [0.1, 0.15) is 0 Å². The highest BCUT2D eigenvalue weighted by Crippen LogP contribution is 2.14. The van der Waals surface area contributed by atoms with Crippen LogP contribution in [-0.2, 0) is 11.2 Å². The van der Waals surface area contributed by atoms with Gasteiger partial charge in [-0.2, -0.15) is 0 Å². The summed E-state index contributed by atoms with van der Waals surface area (Å²) in [6.07, 6.45) is 2.91. The fourth-order valence-electron chi connectivity index (χ4n) is 2.60. The molecule has 1 heterocycles. The number of amides is 1. The number of likely N-dealkylation sites (tertiary alicyclic amines) is 1. The SMILES string of the molecule is CN1CCC(CNC(=O)[C@H](N)Cc2ccccc2)CC1. The van der Waals surface area contributed by atoms with E-state index in [0.29, 0.717) is 12.3 Å². The van der Waals surface area contributed by atoms with Crippen LogP contribution in [0.4, 0.5) is 0 Å². The maximum absolute atomic E-state index is 12.0. The molecule has 4 nitrogen and oxygen atoms in total. The molecule has 1 amide bonds. The molecule has 1 aromatic rings. The summed E-state index contributed by atoms with van der Waals surface area (Å²) in [5.41, 5.74) is 7.07. The van der Waals surface area contributed by atoms with Gasteiger partial charge in [-0.25, -0.2) is 0 Å². The van der Waals surface area contributed by atoms with Gasteiger partial charge in [-0.1, -0.05) is 30.3 Å². The first-order valence-electron chi connectivity index (χ1n) is 7.41. The topological polar surface area (TPSA) is 58.4 Å². The summed E-state index contributed by atoms with van der Waals surface area (Å²) in [6.45, 7) is 3.00. The van der Waals surface area contributed by atoms with E-state index in [4.69, 9.17) is 5.73 Å². The number of rotatable bonds is 5. The molecule has 1 aromatic carbocycles. The summed E-state index contributed by atoms with van der Waals surface area (Å²) in [5, 5.41) is 3.00.